The number of carbonyl (C=O) groups is 2. The van der Waals surface area contributed by atoms with E-state index in [-0.39, 0.29) is 11.5 Å². The lowest BCUT2D eigenvalue weighted by atomic mass is 10.1. The summed E-state index contributed by atoms with van der Waals surface area (Å²) >= 11 is 0. The first kappa shape index (κ1) is 26.6. The van der Waals surface area contributed by atoms with Crippen molar-refractivity contribution >= 4 is 34.3 Å². The molecule has 0 aliphatic heterocycles. The maximum Gasteiger partial charge on any atom is 0.337 e. The fourth-order valence-corrected chi connectivity index (χ4v) is 4.08. The molecule has 9 heteroatoms. The maximum absolute atomic E-state index is 12.8. The van der Waals surface area contributed by atoms with E-state index in [9.17, 15) is 14.7 Å². The molecule has 9 nitrogen and oxygen atoms in total. The van der Waals surface area contributed by atoms with E-state index in [0.29, 0.717) is 41.1 Å². The molecule has 0 bridgehead atoms. The molecule has 1 aromatic heterocycles. The summed E-state index contributed by atoms with van der Waals surface area (Å²) in [5, 5.41) is 16.2. The van der Waals surface area contributed by atoms with Crippen LogP contribution in [0.4, 0.5) is 11.5 Å². The van der Waals surface area contributed by atoms with Gasteiger partial charge in [-0.05, 0) is 67.2 Å². The molecule has 4 aromatic rings. The van der Waals surface area contributed by atoms with Gasteiger partial charge in [0.2, 0.25) is 0 Å². The van der Waals surface area contributed by atoms with Crippen LogP contribution in [0.1, 0.15) is 40.1 Å². The second kappa shape index (κ2) is 12.6. The van der Waals surface area contributed by atoms with Gasteiger partial charge in [-0.15, -0.1) is 0 Å². The first-order valence-corrected chi connectivity index (χ1v) is 12.5. The summed E-state index contributed by atoms with van der Waals surface area (Å²) in [6.45, 7) is 8.11. The molecule has 1 heterocycles. The minimum Gasteiger partial charge on any atom is -0.492 e. The molecule has 0 aliphatic rings. The van der Waals surface area contributed by atoms with Crippen LogP contribution in [0, 0.1) is 0 Å². The zero-order valence-corrected chi connectivity index (χ0v) is 21.5. The number of hydrogen-bond donors (Lipinski definition) is 3. The number of carboxylic acids is 1. The summed E-state index contributed by atoms with van der Waals surface area (Å²) in [7, 11) is 0. The third kappa shape index (κ3) is 6.63. The van der Waals surface area contributed by atoms with Crippen molar-refractivity contribution in [3.8, 4) is 5.75 Å². The first-order chi connectivity index (χ1) is 18.5. The Hall–Kier alpha value is -4.50. The highest BCUT2D eigenvalue weighted by Gasteiger charge is 2.13. The smallest absolute Gasteiger partial charge is 0.337 e. The summed E-state index contributed by atoms with van der Waals surface area (Å²) < 4.78 is 5.80. The van der Waals surface area contributed by atoms with Crippen molar-refractivity contribution < 1.29 is 19.4 Å². The third-order valence-corrected chi connectivity index (χ3v) is 6.23. The van der Waals surface area contributed by atoms with Crippen LogP contribution >= 0.6 is 0 Å². The highest BCUT2D eigenvalue weighted by atomic mass is 16.5. The van der Waals surface area contributed by atoms with E-state index in [1.165, 1.54) is 12.4 Å². The topological polar surface area (TPSA) is 117 Å². The summed E-state index contributed by atoms with van der Waals surface area (Å²) in [4.78, 5) is 35.0. The van der Waals surface area contributed by atoms with Crippen molar-refractivity contribution in [1.29, 1.82) is 0 Å². The lowest BCUT2D eigenvalue weighted by molar-refractivity contribution is 0.0698. The van der Waals surface area contributed by atoms with Gasteiger partial charge < -0.3 is 25.4 Å². The number of nitrogens with one attached hydrogen (secondary N) is 2. The van der Waals surface area contributed by atoms with Crippen LogP contribution in [0.15, 0.2) is 73.1 Å². The van der Waals surface area contributed by atoms with Gasteiger partial charge in [-0.25, -0.2) is 14.8 Å². The molecule has 0 unspecified atom stereocenters. The molecule has 0 radical (unpaired) electrons. The highest BCUT2D eigenvalue weighted by Crippen LogP contribution is 2.23. The number of ether oxygens (including phenoxy) is 1. The second-order valence-electron chi connectivity index (χ2n) is 8.64. The number of hydrogen-bond acceptors (Lipinski definition) is 7. The van der Waals surface area contributed by atoms with Crippen molar-refractivity contribution in [2.24, 2.45) is 0 Å². The monoisotopic (exact) mass is 513 g/mol. The molecule has 3 aromatic carbocycles. The number of anilines is 2. The molecular formula is C29H31N5O4. The number of nitrogens with zero attached hydrogens (tertiary/aromatic N) is 3. The largest absolute Gasteiger partial charge is 0.492 e. The molecule has 0 saturated carbocycles. The SMILES string of the molecule is CCN(CC)CCOc1ccc(C(=O)Nc2cccc(CNc3ncnc4c(C(=O)O)cccc34)c2)cc1. The Bertz CT molecular complexity index is 1400. The van der Waals surface area contributed by atoms with E-state index >= 15 is 0 Å². The van der Waals surface area contributed by atoms with E-state index < -0.39 is 5.97 Å². The Morgan fingerprint density at radius 1 is 0.974 bits per heavy atom. The molecule has 0 fully saturated rings. The number of rotatable bonds is 12. The van der Waals surface area contributed by atoms with Gasteiger partial charge in [-0.3, -0.25) is 4.79 Å². The molecule has 1 amide bonds. The predicted octanol–water partition coefficient (Wildman–Crippen LogP) is 4.91. The summed E-state index contributed by atoms with van der Waals surface area (Å²) in [6, 6.07) is 19.6. The lowest BCUT2D eigenvalue weighted by Crippen LogP contribution is -2.27. The van der Waals surface area contributed by atoms with E-state index in [4.69, 9.17) is 4.74 Å². The Balaban J connectivity index is 1.36. The summed E-state index contributed by atoms with van der Waals surface area (Å²) in [5.41, 5.74) is 2.61. The molecule has 4 rings (SSSR count). The van der Waals surface area contributed by atoms with Gasteiger partial charge >= 0.3 is 5.97 Å². The molecule has 0 spiro atoms. The van der Waals surface area contributed by atoms with E-state index in [1.807, 2.05) is 24.3 Å². The maximum atomic E-state index is 12.8. The minimum atomic E-state index is -1.04. The normalized spacial score (nSPS) is 10.9. The average molecular weight is 514 g/mol. The first-order valence-electron chi connectivity index (χ1n) is 12.5. The van der Waals surface area contributed by atoms with Gasteiger partial charge in [0.25, 0.3) is 5.91 Å². The van der Waals surface area contributed by atoms with Crippen molar-refractivity contribution in [1.82, 2.24) is 14.9 Å². The van der Waals surface area contributed by atoms with Gasteiger partial charge in [0.15, 0.2) is 0 Å². The van der Waals surface area contributed by atoms with Gasteiger partial charge in [0.1, 0.15) is 24.5 Å². The lowest BCUT2D eigenvalue weighted by Gasteiger charge is -2.18. The Morgan fingerprint density at radius 2 is 1.74 bits per heavy atom. The standard InChI is InChI=1S/C29H31N5O4/c1-3-34(4-2)15-16-38-23-13-11-21(12-14-23)28(35)33-22-8-5-7-20(17-22)18-30-27-24-9-6-10-25(29(36)37)26(24)31-19-32-27/h5-14,17,19H,3-4,15-16,18H2,1-2H3,(H,33,35)(H,36,37)(H,30,31,32). The van der Waals surface area contributed by atoms with Crippen LogP contribution in [-0.2, 0) is 6.54 Å². The van der Waals surface area contributed by atoms with Gasteiger partial charge in [-0.2, -0.15) is 0 Å². The zero-order valence-electron chi connectivity index (χ0n) is 21.5. The molecule has 0 saturated heterocycles. The predicted molar refractivity (Wildman–Crippen MR) is 148 cm³/mol. The van der Waals surface area contributed by atoms with Crippen LogP contribution in [0.3, 0.4) is 0 Å². The van der Waals surface area contributed by atoms with E-state index in [0.717, 1.165) is 30.9 Å². The Labute approximate surface area is 221 Å². The summed E-state index contributed by atoms with van der Waals surface area (Å²) in [5.74, 6) is 0.00961. The van der Waals surface area contributed by atoms with Crippen LogP contribution in [-0.4, -0.2) is 58.1 Å². The van der Waals surface area contributed by atoms with Crippen LogP contribution < -0.4 is 15.4 Å². The molecule has 38 heavy (non-hydrogen) atoms. The fourth-order valence-electron chi connectivity index (χ4n) is 4.08. The Morgan fingerprint density at radius 3 is 2.47 bits per heavy atom. The number of amides is 1. The zero-order chi connectivity index (χ0) is 26.9. The van der Waals surface area contributed by atoms with Gasteiger partial charge in [0, 0.05) is 29.7 Å². The highest BCUT2D eigenvalue weighted by molar-refractivity contribution is 6.05. The number of fused-ring (bicyclic) bond motifs is 1. The average Bonchev–Trinajstić information content (AvgIpc) is 2.94. The summed E-state index contributed by atoms with van der Waals surface area (Å²) in [6.07, 6.45) is 1.34. The molecule has 0 atom stereocenters. The number of benzene rings is 3. The number of carbonyl (C=O) groups excluding carboxylic acids is 1. The Kier molecular flexibility index (Phi) is 8.84. The van der Waals surface area contributed by atoms with Gasteiger partial charge in [-0.1, -0.05) is 32.0 Å². The fraction of sp³-hybridized carbons (Fsp3) is 0.241. The number of carboxylic acid groups (broad SMARTS) is 1. The van der Waals surface area contributed by atoms with Gasteiger partial charge in [0.05, 0.1) is 11.1 Å². The van der Waals surface area contributed by atoms with Crippen molar-refractivity contribution in [2.45, 2.75) is 20.4 Å². The number of para-hydroxylation sites is 1. The van der Waals surface area contributed by atoms with Crippen LogP contribution in [0.2, 0.25) is 0 Å². The second-order valence-corrected chi connectivity index (χ2v) is 8.64. The van der Waals surface area contributed by atoms with Crippen molar-refractivity contribution in [3.05, 3.63) is 89.7 Å². The van der Waals surface area contributed by atoms with E-state index in [1.54, 1.807) is 36.4 Å². The molecule has 0 aliphatic carbocycles. The third-order valence-electron chi connectivity index (χ3n) is 6.23. The van der Waals surface area contributed by atoms with E-state index in [2.05, 4.69) is 39.3 Å². The van der Waals surface area contributed by atoms with Crippen LogP contribution in [0.25, 0.3) is 10.9 Å². The molecule has 3 N–H and O–H groups in total. The molecular weight excluding hydrogens is 482 g/mol. The number of aromatic nitrogens is 2. The number of aromatic carboxylic acids is 1. The van der Waals surface area contributed by atoms with Crippen LogP contribution in [0.5, 0.6) is 5.75 Å². The van der Waals surface area contributed by atoms with Crippen molar-refractivity contribution in [2.75, 3.05) is 36.9 Å². The minimum absolute atomic E-state index is 0.122. The van der Waals surface area contributed by atoms with Crippen molar-refractivity contribution in [3.63, 3.8) is 0 Å². The molecule has 196 valence electrons. The number of likely N-dealkylation sites (N-methyl/N-ethyl adjacent to an activating group) is 1. The quantitative estimate of drug-likeness (QED) is 0.245.